The van der Waals surface area contributed by atoms with Crippen LogP contribution in [0, 0.1) is 0 Å². The molecule has 0 bridgehead atoms. The van der Waals surface area contributed by atoms with E-state index in [2.05, 4.69) is 0 Å². The van der Waals surface area contributed by atoms with Gasteiger partial charge in [-0.2, -0.15) is 8.42 Å². The van der Waals surface area contributed by atoms with E-state index in [1.165, 1.54) is 0 Å². The molecule has 2 atom stereocenters. The van der Waals surface area contributed by atoms with Gasteiger partial charge in [0.25, 0.3) is 5.91 Å². The molecule has 0 radical (unpaired) electrons. The Morgan fingerprint density at radius 1 is 1.26 bits per heavy atom. The Kier molecular flexibility index (Phi) is 6.32. The third-order valence-electron chi connectivity index (χ3n) is 4.11. The molecule has 2 fully saturated rings. The number of rotatable bonds is 4. The van der Waals surface area contributed by atoms with Crippen LogP contribution < -0.4 is 5.73 Å². The van der Waals surface area contributed by atoms with E-state index in [-0.39, 0.29) is 52.6 Å². The SMILES string of the molecule is NC(=O)/C=C1\CN(C(=O)OCc2ccccc2)[C@@H]2C(=O)N(S(=O)(=O)O)[C@H]12.[NaH]. The van der Waals surface area contributed by atoms with Gasteiger partial charge in [0, 0.05) is 12.6 Å². The molecule has 0 unspecified atom stereocenters. The standard InChI is InChI=1S/C15H15N3O7S.Na.H/c16-11(19)6-10-7-17(13-12(10)18(14(13)20)26(22,23)24)15(21)25-8-9-4-2-1-3-5-9;;/h1-6,12-13H,7-8H2,(H2,16,19)(H,22,23,24);;/b10-6+;;/t12-,13+;;/m1../s1. The van der Waals surface area contributed by atoms with Gasteiger partial charge >= 0.3 is 46.0 Å². The minimum atomic E-state index is -4.83. The van der Waals surface area contributed by atoms with Crippen molar-refractivity contribution in [3.8, 4) is 0 Å². The summed E-state index contributed by atoms with van der Waals surface area (Å²) in [5, 5.41) is 0. The topological polar surface area (TPSA) is 147 Å². The van der Waals surface area contributed by atoms with Crippen molar-refractivity contribution in [2.75, 3.05) is 6.54 Å². The van der Waals surface area contributed by atoms with Gasteiger partial charge < -0.3 is 10.5 Å². The average molecular weight is 405 g/mol. The zero-order chi connectivity index (χ0) is 19.1. The molecule has 0 aromatic heterocycles. The zero-order valence-electron chi connectivity index (χ0n) is 13.3. The van der Waals surface area contributed by atoms with E-state index in [9.17, 15) is 27.4 Å². The van der Waals surface area contributed by atoms with Crippen LogP contribution in [0.25, 0.3) is 0 Å². The van der Waals surface area contributed by atoms with Crippen LogP contribution in [-0.2, 0) is 31.2 Å². The molecule has 2 heterocycles. The van der Waals surface area contributed by atoms with Gasteiger partial charge in [0.1, 0.15) is 18.7 Å². The maximum atomic E-state index is 12.3. The van der Waals surface area contributed by atoms with E-state index in [1.807, 2.05) is 0 Å². The molecule has 2 saturated heterocycles. The van der Waals surface area contributed by atoms with Crippen LogP contribution in [0.1, 0.15) is 5.56 Å². The molecule has 10 nitrogen and oxygen atoms in total. The molecular formula is C15H16N3NaO7S. The first-order chi connectivity index (χ1) is 12.2. The Hall–Kier alpha value is -1.92. The fourth-order valence-corrected chi connectivity index (χ4v) is 3.92. The molecule has 0 saturated carbocycles. The summed E-state index contributed by atoms with van der Waals surface area (Å²) in [6.07, 6.45) is 0.0901. The number of ether oxygens (including phenoxy) is 1. The molecule has 12 heteroatoms. The predicted octanol–water partition coefficient (Wildman–Crippen LogP) is -1.22. The quantitative estimate of drug-likeness (QED) is 0.276. The third-order valence-corrected chi connectivity index (χ3v) is 5.01. The van der Waals surface area contributed by atoms with Crippen molar-refractivity contribution in [3.63, 3.8) is 0 Å². The molecule has 3 rings (SSSR count). The van der Waals surface area contributed by atoms with Crippen molar-refractivity contribution in [1.29, 1.82) is 0 Å². The van der Waals surface area contributed by atoms with Crippen LogP contribution in [0.2, 0.25) is 0 Å². The van der Waals surface area contributed by atoms with Crippen molar-refractivity contribution < 1.29 is 32.1 Å². The number of hydrogen-bond donors (Lipinski definition) is 2. The Bertz CT molecular complexity index is 903. The van der Waals surface area contributed by atoms with Gasteiger partial charge in [0.05, 0.1) is 0 Å². The second kappa shape index (κ2) is 7.98. The minimum absolute atomic E-state index is 0. The molecule has 3 amide bonds. The van der Waals surface area contributed by atoms with E-state index in [1.54, 1.807) is 30.3 Å². The van der Waals surface area contributed by atoms with Crippen LogP contribution in [0.4, 0.5) is 4.79 Å². The molecule has 2 aliphatic heterocycles. The molecular weight excluding hydrogens is 389 g/mol. The normalized spacial score (nSPS) is 22.7. The summed E-state index contributed by atoms with van der Waals surface area (Å²) in [7, 11) is -4.83. The van der Waals surface area contributed by atoms with Gasteiger partial charge in [0.15, 0.2) is 0 Å². The Labute approximate surface area is 177 Å². The molecule has 0 spiro atoms. The van der Waals surface area contributed by atoms with Crippen molar-refractivity contribution in [2.24, 2.45) is 5.73 Å². The molecule has 27 heavy (non-hydrogen) atoms. The summed E-state index contributed by atoms with van der Waals surface area (Å²) in [6, 6.07) is 6.47. The number of amides is 3. The van der Waals surface area contributed by atoms with Crippen molar-refractivity contribution in [2.45, 2.75) is 18.7 Å². The van der Waals surface area contributed by atoms with Gasteiger partial charge in [-0.05, 0) is 11.1 Å². The number of hydrogen-bond acceptors (Lipinski definition) is 6. The fraction of sp³-hybridized carbons (Fsp3) is 0.267. The van der Waals surface area contributed by atoms with Gasteiger partial charge in [-0.3, -0.25) is 19.0 Å². The summed E-state index contributed by atoms with van der Waals surface area (Å²) in [5.41, 5.74) is 5.93. The number of fused-ring (bicyclic) bond motifs is 1. The second-order valence-corrected chi connectivity index (χ2v) is 7.08. The zero-order valence-corrected chi connectivity index (χ0v) is 14.1. The summed E-state index contributed by atoms with van der Waals surface area (Å²) >= 11 is 0. The summed E-state index contributed by atoms with van der Waals surface area (Å²) in [6.45, 7) is -0.262. The number of carbonyl (C=O) groups is 3. The van der Waals surface area contributed by atoms with Crippen molar-refractivity contribution in [3.05, 3.63) is 47.5 Å². The van der Waals surface area contributed by atoms with Gasteiger partial charge in [-0.15, -0.1) is 0 Å². The number of primary amides is 1. The number of likely N-dealkylation sites (tertiary alicyclic amines) is 1. The number of nitrogens with zero attached hydrogens (tertiary/aromatic N) is 2. The summed E-state index contributed by atoms with van der Waals surface area (Å²) in [5.74, 6) is -1.85. The van der Waals surface area contributed by atoms with Crippen LogP contribution in [0.15, 0.2) is 42.0 Å². The van der Waals surface area contributed by atoms with Gasteiger partial charge in [0.2, 0.25) is 5.91 Å². The van der Waals surface area contributed by atoms with E-state index in [4.69, 9.17) is 10.5 Å². The maximum absolute atomic E-state index is 12.3. The predicted molar refractivity (Wildman–Crippen MR) is 93.7 cm³/mol. The molecule has 1 aromatic rings. The molecule has 140 valence electrons. The third kappa shape index (κ3) is 4.17. The van der Waals surface area contributed by atoms with Crippen LogP contribution >= 0.6 is 0 Å². The van der Waals surface area contributed by atoms with E-state index in [0.29, 0.717) is 0 Å². The number of β-lactam (4-membered cyclic amide) rings is 1. The second-order valence-electron chi connectivity index (χ2n) is 5.79. The Morgan fingerprint density at radius 2 is 1.89 bits per heavy atom. The number of carbonyl (C=O) groups excluding carboxylic acids is 3. The van der Waals surface area contributed by atoms with Crippen molar-refractivity contribution in [1.82, 2.24) is 9.21 Å². The van der Waals surface area contributed by atoms with Crippen LogP contribution in [0.3, 0.4) is 0 Å². The van der Waals surface area contributed by atoms with Gasteiger partial charge in [-0.25, -0.2) is 9.10 Å². The molecule has 0 aliphatic carbocycles. The Balaban J connectivity index is 0.00000261. The van der Waals surface area contributed by atoms with Crippen molar-refractivity contribution >= 4 is 57.8 Å². The van der Waals surface area contributed by atoms with E-state index in [0.717, 1.165) is 16.5 Å². The van der Waals surface area contributed by atoms with Crippen LogP contribution in [-0.4, -0.2) is 88.3 Å². The monoisotopic (exact) mass is 405 g/mol. The Morgan fingerprint density at radius 3 is 2.44 bits per heavy atom. The van der Waals surface area contributed by atoms with E-state index < -0.39 is 40.3 Å². The first-order valence-corrected chi connectivity index (χ1v) is 8.87. The first-order valence-electron chi connectivity index (χ1n) is 7.48. The average Bonchev–Trinajstić information content (AvgIpc) is 2.85. The fourth-order valence-electron chi connectivity index (χ4n) is 3.05. The summed E-state index contributed by atoms with van der Waals surface area (Å²) in [4.78, 5) is 36.6. The number of benzene rings is 1. The van der Waals surface area contributed by atoms with Gasteiger partial charge in [-0.1, -0.05) is 30.3 Å². The number of nitrogens with two attached hydrogens (primary N) is 1. The van der Waals surface area contributed by atoms with E-state index >= 15 is 0 Å². The first kappa shape index (κ1) is 21.4. The molecule has 1 aromatic carbocycles. The molecule has 3 N–H and O–H groups in total. The summed E-state index contributed by atoms with van der Waals surface area (Å²) < 4.78 is 37.3. The van der Waals surface area contributed by atoms with Crippen LogP contribution in [0.5, 0.6) is 0 Å². The molecule has 2 aliphatic rings.